The Hall–Kier alpha value is -1.01. The van der Waals surface area contributed by atoms with Crippen molar-refractivity contribution >= 4 is 17.7 Å². The molecule has 0 aliphatic carbocycles. The second-order valence-corrected chi connectivity index (χ2v) is 5.79. The van der Waals surface area contributed by atoms with E-state index in [1.54, 1.807) is 0 Å². The lowest BCUT2D eigenvalue weighted by atomic mass is 10.1. The molecule has 0 spiro atoms. The molecule has 1 N–H and O–H groups in total. The van der Waals surface area contributed by atoms with Crippen LogP contribution < -0.4 is 0 Å². The second-order valence-electron chi connectivity index (χ2n) is 4.85. The summed E-state index contributed by atoms with van der Waals surface area (Å²) in [5, 5.41) is 9.57. The maximum Gasteiger partial charge on any atom is 0.313 e. The number of aromatic nitrogens is 2. The quantitative estimate of drug-likeness (QED) is 0.742. The number of hydrogen-bond acceptors (Lipinski definition) is 4. The molecule has 0 amide bonds. The Morgan fingerprint density at radius 1 is 1.58 bits per heavy atom. The average molecular weight is 285 g/mol. The third-order valence-electron chi connectivity index (χ3n) is 3.01. The van der Waals surface area contributed by atoms with Gasteiger partial charge in [-0.05, 0) is 19.5 Å². The van der Waals surface area contributed by atoms with Gasteiger partial charge in [-0.1, -0.05) is 32.5 Å². The molecule has 19 heavy (non-hydrogen) atoms. The Kier molecular flexibility index (Phi) is 6.37. The highest BCUT2D eigenvalue weighted by molar-refractivity contribution is 7.99. The first kappa shape index (κ1) is 16.0. The van der Waals surface area contributed by atoms with Crippen LogP contribution in [0.25, 0.3) is 0 Å². The molecule has 0 aliphatic heterocycles. The number of carboxylic acids is 1. The van der Waals surface area contributed by atoms with Crippen LogP contribution in [0.3, 0.4) is 0 Å². The summed E-state index contributed by atoms with van der Waals surface area (Å²) in [6.07, 6.45) is 1.86. The summed E-state index contributed by atoms with van der Waals surface area (Å²) < 4.78 is 2.14. The number of carboxylic acid groups (broad SMARTS) is 1. The van der Waals surface area contributed by atoms with E-state index in [2.05, 4.69) is 42.3 Å². The number of rotatable bonds is 8. The van der Waals surface area contributed by atoms with Crippen LogP contribution in [0.2, 0.25) is 0 Å². The van der Waals surface area contributed by atoms with Crippen molar-refractivity contribution in [2.45, 2.75) is 38.4 Å². The molecule has 0 fully saturated rings. The summed E-state index contributed by atoms with van der Waals surface area (Å²) in [6, 6.07) is 0. The second kappa shape index (κ2) is 7.55. The summed E-state index contributed by atoms with van der Waals surface area (Å²) in [4.78, 5) is 17.3. The van der Waals surface area contributed by atoms with Gasteiger partial charge in [-0.25, -0.2) is 4.98 Å². The van der Waals surface area contributed by atoms with E-state index in [1.807, 2.05) is 6.20 Å². The van der Waals surface area contributed by atoms with E-state index in [9.17, 15) is 4.79 Å². The maximum atomic E-state index is 10.7. The van der Waals surface area contributed by atoms with Crippen molar-refractivity contribution < 1.29 is 9.90 Å². The zero-order valence-corrected chi connectivity index (χ0v) is 12.9. The maximum absolute atomic E-state index is 10.7. The molecule has 6 heteroatoms. The lowest BCUT2D eigenvalue weighted by Gasteiger charge is -2.18. The molecular formula is C13H23N3O2S. The van der Waals surface area contributed by atoms with Gasteiger partial charge < -0.3 is 14.6 Å². The predicted octanol–water partition coefficient (Wildman–Crippen LogP) is 2.13. The van der Waals surface area contributed by atoms with Crippen molar-refractivity contribution in [3.05, 3.63) is 11.9 Å². The van der Waals surface area contributed by atoms with Gasteiger partial charge in [-0.15, -0.1) is 0 Å². The summed E-state index contributed by atoms with van der Waals surface area (Å²) in [6.45, 7) is 9.17. The Labute approximate surface area is 119 Å². The molecule has 0 atom stereocenters. The van der Waals surface area contributed by atoms with Crippen molar-refractivity contribution in [1.29, 1.82) is 0 Å². The van der Waals surface area contributed by atoms with E-state index >= 15 is 0 Å². The minimum Gasteiger partial charge on any atom is -0.481 e. The first-order valence-electron chi connectivity index (χ1n) is 6.54. The summed E-state index contributed by atoms with van der Waals surface area (Å²) in [5.41, 5.74) is 1.16. The van der Waals surface area contributed by atoms with Gasteiger partial charge in [-0.2, -0.15) is 0 Å². The minimum absolute atomic E-state index is 0.0537. The lowest BCUT2D eigenvalue weighted by molar-refractivity contribution is -0.133. The van der Waals surface area contributed by atoms with Gasteiger partial charge in [0.15, 0.2) is 5.16 Å². The van der Waals surface area contributed by atoms with Gasteiger partial charge >= 0.3 is 5.97 Å². The number of hydrogen-bond donors (Lipinski definition) is 1. The van der Waals surface area contributed by atoms with E-state index in [4.69, 9.17) is 5.11 Å². The molecule has 0 saturated carbocycles. The van der Waals surface area contributed by atoms with Gasteiger partial charge in [0.25, 0.3) is 0 Å². The number of imidazole rings is 1. The zero-order valence-electron chi connectivity index (χ0n) is 12.1. The molecule has 1 rings (SSSR count). The monoisotopic (exact) mass is 285 g/mol. The van der Waals surface area contributed by atoms with Crippen LogP contribution in [0.1, 0.15) is 32.4 Å². The van der Waals surface area contributed by atoms with Crippen LogP contribution in [0.15, 0.2) is 11.4 Å². The molecule has 0 unspecified atom stereocenters. The SMILES string of the molecule is CCN(C)CCn1c(C(C)C)cnc1SCC(=O)O. The van der Waals surface area contributed by atoms with Gasteiger partial charge in [0.2, 0.25) is 0 Å². The number of carbonyl (C=O) groups is 1. The normalized spacial score (nSPS) is 11.5. The summed E-state index contributed by atoms with van der Waals surface area (Å²) in [7, 11) is 2.08. The number of nitrogens with zero attached hydrogens (tertiary/aromatic N) is 3. The average Bonchev–Trinajstić information content (AvgIpc) is 2.76. The van der Waals surface area contributed by atoms with Gasteiger partial charge in [0.05, 0.1) is 5.75 Å². The molecule has 1 aromatic heterocycles. The predicted molar refractivity (Wildman–Crippen MR) is 77.8 cm³/mol. The number of likely N-dealkylation sites (N-methyl/N-ethyl adjacent to an activating group) is 1. The van der Waals surface area contributed by atoms with Crippen LogP contribution in [-0.2, 0) is 11.3 Å². The van der Waals surface area contributed by atoms with Crippen LogP contribution in [0.4, 0.5) is 0 Å². The first-order valence-corrected chi connectivity index (χ1v) is 7.52. The molecule has 1 heterocycles. The fourth-order valence-electron chi connectivity index (χ4n) is 1.73. The van der Waals surface area contributed by atoms with Crippen LogP contribution in [0, 0.1) is 0 Å². The summed E-state index contributed by atoms with van der Waals surface area (Å²) in [5.74, 6) is -0.368. The molecule has 0 saturated heterocycles. The van der Waals surface area contributed by atoms with Crippen molar-refractivity contribution in [3.8, 4) is 0 Å². The third kappa shape index (κ3) is 4.87. The van der Waals surface area contributed by atoms with E-state index in [0.717, 1.165) is 30.5 Å². The third-order valence-corrected chi connectivity index (χ3v) is 3.99. The van der Waals surface area contributed by atoms with Crippen molar-refractivity contribution in [1.82, 2.24) is 14.5 Å². The Morgan fingerprint density at radius 2 is 2.26 bits per heavy atom. The van der Waals surface area contributed by atoms with Crippen molar-refractivity contribution in [2.75, 3.05) is 25.9 Å². The molecule has 0 aliphatic rings. The molecule has 0 bridgehead atoms. The molecule has 108 valence electrons. The first-order chi connectivity index (χ1) is 8.95. The fourth-order valence-corrected chi connectivity index (χ4v) is 2.46. The molecule has 0 radical (unpaired) electrons. The largest absolute Gasteiger partial charge is 0.481 e. The lowest BCUT2D eigenvalue weighted by Crippen LogP contribution is -2.24. The number of thioether (sulfide) groups is 1. The van der Waals surface area contributed by atoms with Gasteiger partial charge in [0, 0.05) is 25.0 Å². The van der Waals surface area contributed by atoms with Crippen LogP contribution >= 0.6 is 11.8 Å². The van der Waals surface area contributed by atoms with E-state index in [0.29, 0.717) is 5.92 Å². The van der Waals surface area contributed by atoms with Crippen LogP contribution in [0.5, 0.6) is 0 Å². The Morgan fingerprint density at radius 3 is 2.79 bits per heavy atom. The highest BCUT2D eigenvalue weighted by atomic mass is 32.2. The minimum atomic E-state index is -0.809. The highest BCUT2D eigenvalue weighted by Crippen LogP contribution is 2.23. The van der Waals surface area contributed by atoms with E-state index in [-0.39, 0.29) is 5.75 Å². The van der Waals surface area contributed by atoms with Gasteiger partial charge in [-0.3, -0.25) is 4.79 Å². The molecule has 5 nitrogen and oxygen atoms in total. The van der Waals surface area contributed by atoms with Gasteiger partial charge in [0.1, 0.15) is 0 Å². The Bertz CT molecular complexity index is 418. The smallest absolute Gasteiger partial charge is 0.313 e. The molecule has 0 aromatic carbocycles. The van der Waals surface area contributed by atoms with E-state index < -0.39 is 5.97 Å². The van der Waals surface area contributed by atoms with Crippen molar-refractivity contribution in [3.63, 3.8) is 0 Å². The fraction of sp³-hybridized carbons (Fsp3) is 0.692. The molecular weight excluding hydrogens is 262 g/mol. The highest BCUT2D eigenvalue weighted by Gasteiger charge is 2.14. The number of aliphatic carboxylic acids is 1. The standard InChI is InChI=1S/C13H23N3O2S/c1-5-15(4)6-7-16-11(10(2)3)8-14-13(16)19-9-12(17)18/h8,10H,5-7,9H2,1-4H3,(H,17,18). The summed E-state index contributed by atoms with van der Waals surface area (Å²) >= 11 is 1.29. The van der Waals surface area contributed by atoms with Crippen molar-refractivity contribution in [2.24, 2.45) is 0 Å². The topological polar surface area (TPSA) is 58.4 Å². The zero-order chi connectivity index (χ0) is 14.4. The van der Waals surface area contributed by atoms with E-state index in [1.165, 1.54) is 11.8 Å². The molecule has 1 aromatic rings. The Balaban J connectivity index is 2.82. The van der Waals surface area contributed by atoms with Crippen LogP contribution in [-0.4, -0.2) is 51.4 Å².